The Morgan fingerprint density at radius 3 is 2.33 bits per heavy atom. The van der Waals surface area contributed by atoms with Crippen LogP contribution in [0.15, 0.2) is 115 Å². The van der Waals surface area contributed by atoms with Gasteiger partial charge in [-0.2, -0.15) is 0 Å². The molecule has 176 valence electrons. The third-order valence-electron chi connectivity index (χ3n) is 5.23. The molecule has 4 aromatic carbocycles. The lowest BCUT2D eigenvalue weighted by molar-refractivity contribution is 0.102. The van der Waals surface area contributed by atoms with Crippen molar-refractivity contribution in [2.75, 3.05) is 10.6 Å². The average Bonchev–Trinajstić information content (AvgIpc) is 2.91. The fourth-order valence-electron chi connectivity index (χ4n) is 3.52. The lowest BCUT2D eigenvalue weighted by atomic mass is 10.1. The Morgan fingerprint density at radius 1 is 0.750 bits per heavy atom. The van der Waals surface area contributed by atoms with Crippen molar-refractivity contribution < 1.29 is 13.9 Å². The molecular formula is C29H21FN4O2. The first kappa shape index (κ1) is 22.7. The van der Waals surface area contributed by atoms with Crippen LogP contribution in [-0.2, 0) is 0 Å². The van der Waals surface area contributed by atoms with Gasteiger partial charge in [-0.1, -0.05) is 36.4 Å². The van der Waals surface area contributed by atoms with Crippen LogP contribution in [0.5, 0.6) is 11.5 Å². The van der Waals surface area contributed by atoms with Crippen molar-refractivity contribution in [1.82, 2.24) is 9.97 Å². The molecule has 0 bridgehead atoms. The average molecular weight is 477 g/mol. The lowest BCUT2D eigenvalue weighted by Gasteiger charge is -2.10. The monoisotopic (exact) mass is 476 g/mol. The molecule has 0 fully saturated rings. The summed E-state index contributed by atoms with van der Waals surface area (Å²) in [6.07, 6.45) is 1.59. The van der Waals surface area contributed by atoms with Crippen LogP contribution in [0.3, 0.4) is 0 Å². The first-order valence-electron chi connectivity index (χ1n) is 11.2. The van der Waals surface area contributed by atoms with E-state index in [1.54, 1.807) is 66.9 Å². The second kappa shape index (κ2) is 10.5. The number of amides is 1. The van der Waals surface area contributed by atoms with Gasteiger partial charge >= 0.3 is 0 Å². The summed E-state index contributed by atoms with van der Waals surface area (Å²) >= 11 is 0. The molecule has 2 N–H and O–H groups in total. The molecule has 0 aliphatic heterocycles. The number of carbonyl (C=O) groups excluding carboxylic acids is 1. The molecule has 1 heterocycles. The van der Waals surface area contributed by atoms with Crippen LogP contribution in [0.1, 0.15) is 10.4 Å². The summed E-state index contributed by atoms with van der Waals surface area (Å²) in [5.74, 6) is 1.73. The van der Waals surface area contributed by atoms with Crippen LogP contribution in [0.25, 0.3) is 11.4 Å². The number of carbonyl (C=O) groups is 1. The number of hydrogen-bond donors (Lipinski definition) is 2. The summed E-state index contributed by atoms with van der Waals surface area (Å²) in [7, 11) is 0. The Hall–Kier alpha value is -5.04. The van der Waals surface area contributed by atoms with Crippen LogP contribution in [0.2, 0.25) is 0 Å². The van der Waals surface area contributed by atoms with Crippen LogP contribution < -0.4 is 15.4 Å². The van der Waals surface area contributed by atoms with Gasteiger partial charge in [0.05, 0.1) is 0 Å². The Kier molecular flexibility index (Phi) is 6.62. The number of nitrogens with zero attached hydrogens (tertiary/aromatic N) is 2. The zero-order chi connectivity index (χ0) is 24.7. The van der Waals surface area contributed by atoms with Crippen LogP contribution in [-0.4, -0.2) is 15.9 Å². The summed E-state index contributed by atoms with van der Waals surface area (Å²) in [4.78, 5) is 21.5. The van der Waals surface area contributed by atoms with Gasteiger partial charge in [-0.15, -0.1) is 0 Å². The number of hydrogen-bond acceptors (Lipinski definition) is 5. The molecule has 0 atom stereocenters. The summed E-state index contributed by atoms with van der Waals surface area (Å²) in [6, 6.07) is 31.5. The molecule has 0 unspecified atom stereocenters. The number of aromatic nitrogens is 2. The Bertz CT molecular complexity index is 1490. The first-order chi connectivity index (χ1) is 17.6. The van der Waals surface area contributed by atoms with E-state index < -0.39 is 0 Å². The molecule has 1 amide bonds. The number of nitrogens with one attached hydrogen (secondary N) is 2. The molecule has 7 heteroatoms. The van der Waals surface area contributed by atoms with Gasteiger partial charge in [-0.05, 0) is 72.8 Å². The largest absolute Gasteiger partial charge is 0.457 e. The maximum atomic E-state index is 13.6. The van der Waals surface area contributed by atoms with Gasteiger partial charge in [0.15, 0.2) is 5.82 Å². The minimum absolute atomic E-state index is 0.251. The minimum Gasteiger partial charge on any atom is -0.457 e. The van der Waals surface area contributed by atoms with Crippen LogP contribution >= 0.6 is 0 Å². The summed E-state index contributed by atoms with van der Waals surface area (Å²) in [5.41, 5.74) is 2.38. The number of rotatable bonds is 7. The molecule has 5 rings (SSSR count). The standard InChI is InChI=1S/C29H21FN4O2/c30-22-8-4-6-20(18-22)28-31-17-16-27(34-28)32-24-9-5-7-21(19-24)29(35)33-23-12-14-26(15-13-23)36-25-10-2-1-3-11-25/h1-19H,(H,33,35)(H,31,32,34). The van der Waals surface area contributed by atoms with Crippen LogP contribution in [0.4, 0.5) is 21.6 Å². The highest BCUT2D eigenvalue weighted by molar-refractivity contribution is 6.04. The SMILES string of the molecule is O=C(Nc1ccc(Oc2ccccc2)cc1)c1cccc(Nc2ccnc(-c3cccc(F)c3)n2)c1. The van der Waals surface area contributed by atoms with Gasteiger partial charge in [0.25, 0.3) is 5.91 Å². The number of halogens is 1. The third-order valence-corrected chi connectivity index (χ3v) is 5.23. The molecule has 1 aromatic heterocycles. The molecule has 0 spiro atoms. The van der Waals surface area contributed by atoms with Crippen molar-refractivity contribution in [3.8, 4) is 22.9 Å². The minimum atomic E-state index is -0.355. The zero-order valence-electron chi connectivity index (χ0n) is 19.1. The quantitative estimate of drug-likeness (QED) is 0.263. The predicted octanol–water partition coefficient (Wildman–Crippen LogP) is 7.07. The second-order valence-corrected chi connectivity index (χ2v) is 7.88. The maximum absolute atomic E-state index is 13.6. The molecule has 0 saturated carbocycles. The van der Waals surface area contributed by atoms with Gasteiger partial charge in [0.1, 0.15) is 23.1 Å². The molecular weight excluding hydrogens is 455 g/mol. The smallest absolute Gasteiger partial charge is 0.255 e. The molecule has 6 nitrogen and oxygen atoms in total. The Morgan fingerprint density at radius 2 is 1.53 bits per heavy atom. The molecule has 0 aliphatic rings. The van der Waals surface area contributed by atoms with E-state index in [9.17, 15) is 9.18 Å². The summed E-state index contributed by atoms with van der Waals surface area (Å²) in [6.45, 7) is 0. The van der Waals surface area contributed by atoms with E-state index in [1.165, 1.54) is 12.1 Å². The highest BCUT2D eigenvalue weighted by Crippen LogP contribution is 2.24. The van der Waals surface area contributed by atoms with Crippen molar-refractivity contribution in [1.29, 1.82) is 0 Å². The second-order valence-electron chi connectivity index (χ2n) is 7.88. The number of anilines is 3. The van der Waals surface area contributed by atoms with Crippen molar-refractivity contribution in [3.63, 3.8) is 0 Å². The first-order valence-corrected chi connectivity index (χ1v) is 11.2. The maximum Gasteiger partial charge on any atom is 0.255 e. The predicted molar refractivity (Wildman–Crippen MR) is 138 cm³/mol. The van der Waals surface area contributed by atoms with Crippen molar-refractivity contribution in [2.24, 2.45) is 0 Å². The lowest BCUT2D eigenvalue weighted by Crippen LogP contribution is -2.12. The fraction of sp³-hybridized carbons (Fsp3) is 0. The van der Waals surface area contributed by atoms with Gasteiger partial charge in [0.2, 0.25) is 0 Å². The number of benzene rings is 4. The highest BCUT2D eigenvalue weighted by Gasteiger charge is 2.09. The van der Waals surface area contributed by atoms with Crippen molar-refractivity contribution in [3.05, 3.63) is 127 Å². The van der Waals surface area contributed by atoms with Gasteiger partial charge < -0.3 is 15.4 Å². The van der Waals surface area contributed by atoms with E-state index in [0.29, 0.717) is 39.9 Å². The van der Waals surface area contributed by atoms with Crippen molar-refractivity contribution in [2.45, 2.75) is 0 Å². The Balaban J connectivity index is 1.25. The van der Waals surface area contributed by atoms with Gasteiger partial charge in [-0.3, -0.25) is 4.79 Å². The van der Waals surface area contributed by atoms with Gasteiger partial charge in [0, 0.05) is 28.7 Å². The van der Waals surface area contributed by atoms with E-state index in [4.69, 9.17) is 4.74 Å². The van der Waals surface area contributed by atoms with Gasteiger partial charge in [-0.25, -0.2) is 14.4 Å². The molecule has 0 saturated heterocycles. The highest BCUT2D eigenvalue weighted by atomic mass is 19.1. The normalized spacial score (nSPS) is 10.5. The molecule has 36 heavy (non-hydrogen) atoms. The number of ether oxygens (including phenoxy) is 1. The number of para-hydroxylation sites is 1. The van der Waals surface area contributed by atoms with E-state index in [2.05, 4.69) is 20.6 Å². The van der Waals surface area contributed by atoms with E-state index in [0.717, 1.165) is 5.75 Å². The zero-order valence-corrected chi connectivity index (χ0v) is 19.1. The summed E-state index contributed by atoms with van der Waals surface area (Å²) < 4.78 is 19.4. The van der Waals surface area contributed by atoms with Crippen LogP contribution in [0, 0.1) is 5.82 Å². The van der Waals surface area contributed by atoms with E-state index in [-0.39, 0.29) is 11.7 Å². The van der Waals surface area contributed by atoms with E-state index >= 15 is 0 Å². The fourth-order valence-corrected chi connectivity index (χ4v) is 3.52. The molecule has 5 aromatic rings. The topological polar surface area (TPSA) is 76.1 Å². The third kappa shape index (κ3) is 5.71. The van der Waals surface area contributed by atoms with Crippen molar-refractivity contribution >= 4 is 23.1 Å². The molecule has 0 radical (unpaired) electrons. The Labute approximate surface area is 207 Å². The summed E-state index contributed by atoms with van der Waals surface area (Å²) in [5, 5.41) is 6.07. The molecule has 0 aliphatic carbocycles. The van der Waals surface area contributed by atoms with E-state index in [1.807, 2.05) is 36.4 Å².